The summed E-state index contributed by atoms with van der Waals surface area (Å²) >= 11 is 6.47. The maximum atomic E-state index is 13.4. The molecule has 6 heteroatoms. The van der Waals surface area contributed by atoms with Crippen LogP contribution in [0.3, 0.4) is 0 Å². The fraction of sp³-hybridized carbons (Fsp3) is 0.179. The zero-order valence-corrected chi connectivity index (χ0v) is 19.5. The highest BCUT2D eigenvalue weighted by atomic mass is 35.5. The Balaban J connectivity index is 1.72. The maximum absolute atomic E-state index is 13.4. The van der Waals surface area contributed by atoms with Gasteiger partial charge in [0.05, 0.1) is 23.8 Å². The summed E-state index contributed by atoms with van der Waals surface area (Å²) in [6.45, 7) is 2.06. The number of halogens is 1. The minimum Gasteiger partial charge on any atom is -0.457 e. The van der Waals surface area contributed by atoms with E-state index in [0.29, 0.717) is 33.0 Å². The summed E-state index contributed by atoms with van der Waals surface area (Å²) in [6, 6.07) is 26.0. The molecule has 3 aromatic carbocycles. The minimum atomic E-state index is -0.521. The van der Waals surface area contributed by atoms with Gasteiger partial charge in [0.25, 0.3) is 0 Å². The molecule has 1 atom stereocenters. The zero-order chi connectivity index (χ0) is 24.1. The van der Waals surface area contributed by atoms with Crippen LogP contribution in [0.5, 0.6) is 0 Å². The van der Waals surface area contributed by atoms with E-state index in [9.17, 15) is 14.9 Å². The highest BCUT2D eigenvalue weighted by Crippen LogP contribution is 2.40. The summed E-state index contributed by atoms with van der Waals surface area (Å²) in [7, 11) is 0. The van der Waals surface area contributed by atoms with Crippen LogP contribution < -0.4 is 0 Å². The molecule has 34 heavy (non-hydrogen) atoms. The van der Waals surface area contributed by atoms with Gasteiger partial charge in [0.15, 0.2) is 0 Å². The lowest BCUT2D eigenvalue weighted by atomic mass is 9.83. The summed E-state index contributed by atoms with van der Waals surface area (Å²) < 4.78 is 5.68. The quantitative estimate of drug-likeness (QED) is 0.430. The summed E-state index contributed by atoms with van der Waals surface area (Å²) in [5.41, 5.74) is 3.69. The van der Waals surface area contributed by atoms with E-state index in [1.807, 2.05) is 60.7 Å². The van der Waals surface area contributed by atoms with Gasteiger partial charge in [-0.3, -0.25) is 4.79 Å². The number of carbonyl (C=O) groups excluding carboxylic acids is 2. The highest BCUT2D eigenvalue weighted by molar-refractivity contribution is 6.31. The van der Waals surface area contributed by atoms with Crippen molar-refractivity contribution in [1.82, 2.24) is 4.90 Å². The standard InChI is InChI=1S/C28H23ClN2O3/c1-19-27(28(33)34-18-20-9-3-2-4-10-20)24(23-13-7-8-14-25(23)29)15-26(32)31(19)17-22-12-6-5-11-21(22)16-30/h2-14,24H,15,17-18H2,1H3. The van der Waals surface area contributed by atoms with E-state index >= 15 is 0 Å². The molecule has 1 aliphatic heterocycles. The lowest BCUT2D eigenvalue weighted by Crippen LogP contribution is -2.38. The number of benzene rings is 3. The molecule has 170 valence electrons. The molecule has 0 N–H and O–H groups in total. The molecule has 0 bridgehead atoms. The zero-order valence-electron chi connectivity index (χ0n) is 18.7. The number of amides is 1. The smallest absolute Gasteiger partial charge is 0.336 e. The van der Waals surface area contributed by atoms with Gasteiger partial charge in [-0.2, -0.15) is 5.26 Å². The highest BCUT2D eigenvalue weighted by Gasteiger charge is 2.38. The number of carbonyl (C=O) groups is 2. The summed E-state index contributed by atoms with van der Waals surface area (Å²) in [6.07, 6.45) is 0.0750. The van der Waals surface area contributed by atoms with Crippen LogP contribution in [0, 0.1) is 11.3 Å². The second kappa shape index (κ2) is 10.4. The summed E-state index contributed by atoms with van der Waals surface area (Å²) in [5, 5.41) is 9.96. The van der Waals surface area contributed by atoms with Crippen molar-refractivity contribution in [2.45, 2.75) is 32.4 Å². The Morgan fingerprint density at radius 2 is 1.74 bits per heavy atom. The molecule has 0 saturated carbocycles. The van der Waals surface area contributed by atoms with Gasteiger partial charge in [0.1, 0.15) is 6.61 Å². The van der Waals surface area contributed by atoms with Crippen molar-refractivity contribution in [2.75, 3.05) is 0 Å². The molecular weight excluding hydrogens is 448 g/mol. The third-order valence-electron chi connectivity index (χ3n) is 6.00. The van der Waals surface area contributed by atoms with Crippen molar-refractivity contribution in [2.24, 2.45) is 0 Å². The van der Waals surface area contributed by atoms with E-state index in [-0.39, 0.29) is 25.5 Å². The van der Waals surface area contributed by atoms with Crippen LogP contribution in [0.2, 0.25) is 5.02 Å². The van der Waals surface area contributed by atoms with E-state index in [1.54, 1.807) is 30.0 Å². The molecule has 1 heterocycles. The molecule has 0 aromatic heterocycles. The lowest BCUT2D eigenvalue weighted by molar-refractivity contribution is -0.141. The molecule has 0 saturated heterocycles. The third-order valence-corrected chi connectivity index (χ3v) is 6.35. The van der Waals surface area contributed by atoms with Gasteiger partial charge in [-0.1, -0.05) is 78.3 Å². The Hall–Kier alpha value is -3.88. The SMILES string of the molecule is CC1=C(C(=O)OCc2ccccc2)C(c2ccccc2Cl)CC(=O)N1Cc1ccccc1C#N. The van der Waals surface area contributed by atoms with Gasteiger partial charge < -0.3 is 9.64 Å². The molecule has 4 rings (SSSR count). The topological polar surface area (TPSA) is 70.4 Å². The van der Waals surface area contributed by atoms with Crippen LogP contribution in [0.4, 0.5) is 0 Å². The normalized spacial score (nSPS) is 15.7. The number of rotatable bonds is 6. The molecule has 1 aliphatic rings. The second-order valence-corrected chi connectivity index (χ2v) is 8.50. The van der Waals surface area contributed by atoms with E-state index in [0.717, 1.165) is 5.56 Å². The molecule has 1 amide bonds. The number of hydrogen-bond acceptors (Lipinski definition) is 4. The molecular formula is C28H23ClN2O3. The molecule has 1 unspecified atom stereocenters. The fourth-order valence-corrected chi connectivity index (χ4v) is 4.50. The largest absolute Gasteiger partial charge is 0.457 e. The van der Waals surface area contributed by atoms with Crippen LogP contribution in [0.25, 0.3) is 0 Å². The van der Waals surface area contributed by atoms with Crippen molar-refractivity contribution < 1.29 is 14.3 Å². The van der Waals surface area contributed by atoms with Crippen molar-refractivity contribution in [1.29, 1.82) is 5.26 Å². The predicted octanol–water partition coefficient (Wildman–Crippen LogP) is 5.75. The molecule has 0 fully saturated rings. The van der Waals surface area contributed by atoms with E-state index < -0.39 is 11.9 Å². The Morgan fingerprint density at radius 1 is 1.06 bits per heavy atom. The van der Waals surface area contributed by atoms with Gasteiger partial charge in [0, 0.05) is 23.1 Å². The molecule has 5 nitrogen and oxygen atoms in total. The second-order valence-electron chi connectivity index (χ2n) is 8.09. The van der Waals surface area contributed by atoms with Crippen LogP contribution in [-0.2, 0) is 27.5 Å². The number of allylic oxidation sites excluding steroid dienone is 1. The van der Waals surface area contributed by atoms with Gasteiger partial charge in [-0.25, -0.2) is 4.79 Å². The van der Waals surface area contributed by atoms with Crippen LogP contribution in [0.1, 0.15) is 41.5 Å². The minimum absolute atomic E-state index is 0.0750. The number of nitrogens with zero attached hydrogens (tertiary/aromatic N) is 2. The maximum Gasteiger partial charge on any atom is 0.336 e. The summed E-state index contributed by atoms with van der Waals surface area (Å²) in [5.74, 6) is -1.15. The van der Waals surface area contributed by atoms with Gasteiger partial charge in [-0.15, -0.1) is 0 Å². The number of ether oxygens (including phenoxy) is 1. The Kier molecular flexibility index (Phi) is 7.10. The average molecular weight is 471 g/mol. The van der Waals surface area contributed by atoms with Crippen molar-refractivity contribution in [3.05, 3.63) is 117 Å². The summed E-state index contributed by atoms with van der Waals surface area (Å²) in [4.78, 5) is 28.2. The Labute approximate surface area is 203 Å². The van der Waals surface area contributed by atoms with Crippen molar-refractivity contribution >= 4 is 23.5 Å². The average Bonchev–Trinajstić information content (AvgIpc) is 2.86. The Bertz CT molecular complexity index is 1290. The van der Waals surface area contributed by atoms with E-state index in [1.165, 1.54) is 0 Å². The van der Waals surface area contributed by atoms with E-state index in [2.05, 4.69) is 6.07 Å². The first-order valence-electron chi connectivity index (χ1n) is 10.9. The van der Waals surface area contributed by atoms with Crippen LogP contribution >= 0.6 is 11.6 Å². The fourth-order valence-electron chi connectivity index (χ4n) is 4.23. The van der Waals surface area contributed by atoms with Gasteiger partial charge in [0.2, 0.25) is 5.91 Å². The van der Waals surface area contributed by atoms with Crippen LogP contribution in [-0.4, -0.2) is 16.8 Å². The monoisotopic (exact) mass is 470 g/mol. The van der Waals surface area contributed by atoms with Crippen LogP contribution in [0.15, 0.2) is 90.1 Å². The Morgan fingerprint density at radius 3 is 2.47 bits per heavy atom. The van der Waals surface area contributed by atoms with E-state index in [4.69, 9.17) is 16.3 Å². The first kappa shape index (κ1) is 23.3. The first-order chi connectivity index (χ1) is 16.5. The molecule has 0 spiro atoms. The number of hydrogen-bond donors (Lipinski definition) is 0. The lowest BCUT2D eigenvalue weighted by Gasteiger charge is -2.35. The molecule has 3 aromatic rings. The molecule has 0 aliphatic carbocycles. The predicted molar refractivity (Wildman–Crippen MR) is 129 cm³/mol. The van der Waals surface area contributed by atoms with Gasteiger partial charge >= 0.3 is 5.97 Å². The van der Waals surface area contributed by atoms with Gasteiger partial charge in [-0.05, 0) is 35.7 Å². The van der Waals surface area contributed by atoms with Crippen molar-refractivity contribution in [3.8, 4) is 6.07 Å². The molecule has 0 radical (unpaired) electrons. The number of esters is 1. The van der Waals surface area contributed by atoms with Crippen molar-refractivity contribution in [3.63, 3.8) is 0 Å². The first-order valence-corrected chi connectivity index (χ1v) is 11.3. The third kappa shape index (κ3) is 4.88. The number of nitriles is 1.